The maximum Gasteiger partial charge on any atom is 0.243 e. The van der Waals surface area contributed by atoms with Gasteiger partial charge in [0, 0.05) is 18.6 Å². The molecule has 0 saturated carbocycles. The van der Waals surface area contributed by atoms with Gasteiger partial charge in [-0.05, 0) is 18.2 Å². The second-order valence-electron chi connectivity index (χ2n) is 2.97. The van der Waals surface area contributed by atoms with Crippen molar-refractivity contribution in [1.82, 2.24) is 0 Å². The van der Waals surface area contributed by atoms with Gasteiger partial charge in [-0.1, -0.05) is 0 Å². The summed E-state index contributed by atoms with van der Waals surface area (Å²) in [7, 11) is 1.49. The molecule has 0 unspecified atom stereocenters. The number of ether oxygens (including phenoxy) is 1. The molecule has 0 aromatic heterocycles. The van der Waals surface area contributed by atoms with Gasteiger partial charge in [-0.25, -0.2) is 0 Å². The molecule has 5 nitrogen and oxygen atoms in total. The first-order valence-corrected chi connectivity index (χ1v) is 4.24. The van der Waals surface area contributed by atoms with E-state index in [0.717, 1.165) is 0 Å². The second kappa shape index (κ2) is 4.45. The molecule has 5 heteroatoms. The summed E-state index contributed by atoms with van der Waals surface area (Å²) in [6.45, 7) is 1.36. The molecule has 0 heterocycles. The molecule has 0 radical (unpaired) electrons. The maximum absolute atomic E-state index is 10.4. The predicted octanol–water partition coefficient (Wildman–Crippen LogP) is 2.04. The highest BCUT2D eigenvalue weighted by atomic mass is 16.6. The lowest BCUT2D eigenvalue weighted by Crippen LogP contribution is -1.93. The van der Waals surface area contributed by atoms with Crippen LogP contribution in [0, 0.1) is 10.1 Å². The standard InChI is InChI=1S/C10H11NO4/c1-7(11(13)14)5-8-6-9(15-2)3-4-10(8)12/h3-6,12H,1-2H3/b7-5+. The molecule has 1 aromatic carbocycles. The fourth-order valence-corrected chi connectivity index (χ4v) is 1.05. The van der Waals surface area contributed by atoms with Gasteiger partial charge in [-0.2, -0.15) is 0 Å². The Balaban J connectivity index is 3.13. The molecule has 0 aliphatic carbocycles. The highest BCUT2D eigenvalue weighted by Crippen LogP contribution is 2.24. The van der Waals surface area contributed by atoms with Gasteiger partial charge >= 0.3 is 0 Å². The fraction of sp³-hybridized carbons (Fsp3) is 0.200. The quantitative estimate of drug-likeness (QED) is 0.610. The van der Waals surface area contributed by atoms with E-state index in [-0.39, 0.29) is 11.4 Å². The zero-order valence-electron chi connectivity index (χ0n) is 8.43. The van der Waals surface area contributed by atoms with Gasteiger partial charge in [-0.3, -0.25) is 10.1 Å². The Bertz CT molecular complexity index is 412. The third-order valence-corrected chi connectivity index (χ3v) is 1.89. The first kappa shape index (κ1) is 11.0. The first-order valence-electron chi connectivity index (χ1n) is 4.24. The van der Waals surface area contributed by atoms with Crippen molar-refractivity contribution < 1.29 is 14.8 Å². The van der Waals surface area contributed by atoms with E-state index in [4.69, 9.17) is 4.74 Å². The monoisotopic (exact) mass is 209 g/mol. The normalized spacial score (nSPS) is 11.2. The van der Waals surface area contributed by atoms with Gasteiger partial charge in [0.05, 0.1) is 12.0 Å². The van der Waals surface area contributed by atoms with Crippen LogP contribution in [0.5, 0.6) is 11.5 Å². The minimum atomic E-state index is -0.515. The Labute approximate surface area is 86.8 Å². The van der Waals surface area contributed by atoms with E-state index in [1.54, 1.807) is 6.07 Å². The number of hydrogen-bond donors (Lipinski definition) is 1. The molecular weight excluding hydrogens is 198 g/mol. The third-order valence-electron chi connectivity index (χ3n) is 1.89. The molecule has 1 N–H and O–H groups in total. The Kier molecular flexibility index (Phi) is 3.28. The van der Waals surface area contributed by atoms with Crippen molar-refractivity contribution in [2.75, 3.05) is 7.11 Å². The van der Waals surface area contributed by atoms with Crippen LogP contribution in [0.25, 0.3) is 6.08 Å². The van der Waals surface area contributed by atoms with Crippen molar-refractivity contribution >= 4 is 6.08 Å². The van der Waals surface area contributed by atoms with Crippen molar-refractivity contribution in [1.29, 1.82) is 0 Å². The second-order valence-corrected chi connectivity index (χ2v) is 2.97. The van der Waals surface area contributed by atoms with Crippen LogP contribution in [-0.4, -0.2) is 17.1 Å². The van der Waals surface area contributed by atoms with Crippen molar-refractivity contribution in [3.63, 3.8) is 0 Å². The summed E-state index contributed by atoms with van der Waals surface area (Å²) in [5, 5.41) is 19.8. The minimum absolute atomic E-state index is 0.0167. The van der Waals surface area contributed by atoms with Crippen LogP contribution in [-0.2, 0) is 0 Å². The van der Waals surface area contributed by atoms with Gasteiger partial charge in [-0.15, -0.1) is 0 Å². The summed E-state index contributed by atoms with van der Waals surface area (Å²) in [6.07, 6.45) is 1.29. The summed E-state index contributed by atoms with van der Waals surface area (Å²) in [6, 6.07) is 4.54. The van der Waals surface area contributed by atoms with Crippen molar-refractivity contribution in [2.24, 2.45) is 0 Å². The number of methoxy groups -OCH3 is 1. The predicted molar refractivity (Wildman–Crippen MR) is 55.3 cm³/mol. The van der Waals surface area contributed by atoms with Gasteiger partial charge in [0.1, 0.15) is 11.5 Å². The van der Waals surface area contributed by atoms with Crippen LogP contribution < -0.4 is 4.74 Å². The molecule has 0 amide bonds. The highest BCUT2D eigenvalue weighted by Gasteiger charge is 2.06. The number of nitro groups is 1. The number of benzene rings is 1. The molecule has 15 heavy (non-hydrogen) atoms. The van der Waals surface area contributed by atoms with E-state index in [0.29, 0.717) is 11.3 Å². The largest absolute Gasteiger partial charge is 0.507 e. The smallest absolute Gasteiger partial charge is 0.243 e. The van der Waals surface area contributed by atoms with E-state index in [2.05, 4.69) is 0 Å². The Morgan fingerprint density at radius 2 is 2.27 bits per heavy atom. The molecule has 0 spiro atoms. The van der Waals surface area contributed by atoms with Crippen LogP contribution >= 0.6 is 0 Å². The fourth-order valence-electron chi connectivity index (χ4n) is 1.05. The average Bonchev–Trinajstić information content (AvgIpc) is 2.21. The molecule has 0 fully saturated rings. The van der Waals surface area contributed by atoms with E-state index < -0.39 is 4.92 Å². The number of hydrogen-bond acceptors (Lipinski definition) is 4. The van der Waals surface area contributed by atoms with Gasteiger partial charge in [0.25, 0.3) is 0 Å². The highest BCUT2D eigenvalue weighted by molar-refractivity contribution is 5.59. The van der Waals surface area contributed by atoms with E-state index in [9.17, 15) is 15.2 Å². The molecule has 80 valence electrons. The molecule has 0 bridgehead atoms. The van der Waals surface area contributed by atoms with Crippen LogP contribution in [0.3, 0.4) is 0 Å². The van der Waals surface area contributed by atoms with Crippen LogP contribution in [0.15, 0.2) is 23.9 Å². The lowest BCUT2D eigenvalue weighted by Gasteiger charge is -2.02. The zero-order chi connectivity index (χ0) is 11.4. The molecular formula is C10H11NO4. The van der Waals surface area contributed by atoms with Gasteiger partial charge < -0.3 is 9.84 Å². The number of phenolic OH excluding ortho intramolecular Hbond substituents is 1. The van der Waals surface area contributed by atoms with Crippen LogP contribution in [0.1, 0.15) is 12.5 Å². The Morgan fingerprint density at radius 3 is 2.80 bits per heavy atom. The van der Waals surface area contributed by atoms with E-state index in [1.807, 2.05) is 0 Å². The molecule has 0 aliphatic rings. The summed E-state index contributed by atoms with van der Waals surface area (Å²) in [5.74, 6) is 0.521. The summed E-state index contributed by atoms with van der Waals surface area (Å²) < 4.78 is 4.94. The molecule has 0 aliphatic heterocycles. The van der Waals surface area contributed by atoms with Gasteiger partial charge in [0.15, 0.2) is 0 Å². The number of nitrogens with zero attached hydrogens (tertiary/aromatic N) is 1. The first-order chi connectivity index (χ1) is 7.04. The van der Waals surface area contributed by atoms with E-state index in [1.165, 1.54) is 32.2 Å². The molecule has 0 atom stereocenters. The molecule has 1 rings (SSSR count). The zero-order valence-corrected chi connectivity index (χ0v) is 8.43. The number of rotatable bonds is 3. The summed E-state index contributed by atoms with van der Waals surface area (Å²) in [5.41, 5.74) is 0.321. The van der Waals surface area contributed by atoms with Crippen molar-refractivity contribution in [2.45, 2.75) is 6.92 Å². The SMILES string of the molecule is COc1ccc(O)c(/C=C(\C)[N+](=O)[O-])c1. The number of aromatic hydroxyl groups is 1. The van der Waals surface area contributed by atoms with Crippen molar-refractivity contribution in [3.05, 3.63) is 39.6 Å². The maximum atomic E-state index is 10.4. The topological polar surface area (TPSA) is 72.6 Å². The lowest BCUT2D eigenvalue weighted by atomic mass is 10.1. The van der Waals surface area contributed by atoms with Crippen molar-refractivity contribution in [3.8, 4) is 11.5 Å². The third kappa shape index (κ3) is 2.70. The Morgan fingerprint density at radius 1 is 1.60 bits per heavy atom. The summed E-state index contributed by atoms with van der Waals surface area (Å²) >= 11 is 0. The lowest BCUT2D eigenvalue weighted by molar-refractivity contribution is -0.422. The van der Waals surface area contributed by atoms with Crippen LogP contribution in [0.4, 0.5) is 0 Å². The summed E-state index contributed by atoms with van der Waals surface area (Å²) in [4.78, 5) is 9.88. The minimum Gasteiger partial charge on any atom is -0.507 e. The number of phenols is 1. The van der Waals surface area contributed by atoms with Crippen LogP contribution in [0.2, 0.25) is 0 Å². The van der Waals surface area contributed by atoms with Gasteiger partial charge in [0.2, 0.25) is 5.70 Å². The molecule has 0 saturated heterocycles. The van der Waals surface area contributed by atoms with E-state index >= 15 is 0 Å². The average molecular weight is 209 g/mol. The number of allylic oxidation sites excluding steroid dienone is 1. The molecule has 1 aromatic rings. The Hall–Kier alpha value is -2.04.